The molecule has 36 heavy (non-hydrogen) atoms. The number of hydrogen-bond acceptors (Lipinski definition) is 6. The number of rotatable bonds is 6. The van der Waals surface area contributed by atoms with Crippen LogP contribution in [-0.2, 0) is 7.05 Å². The number of aliphatic hydroxyl groups is 1. The van der Waals surface area contributed by atoms with Gasteiger partial charge in [0.1, 0.15) is 23.4 Å². The molecule has 5 rings (SSSR count). The van der Waals surface area contributed by atoms with Crippen molar-refractivity contribution in [2.45, 2.75) is 6.04 Å². The molecule has 0 bridgehead atoms. The number of nitrogens with one attached hydrogen (secondary N) is 1. The molecule has 0 radical (unpaired) electrons. The zero-order valence-corrected chi connectivity index (χ0v) is 19.5. The van der Waals surface area contributed by atoms with E-state index < -0.39 is 17.5 Å². The highest BCUT2D eigenvalue weighted by molar-refractivity contribution is 6.04. The standard InChI is InChI=1S/C27H24N6O3/c1-32-14-21(23-24(28)29-16-30-25(23)32)17-9-11-19(12-10-17)31-26(35)20-8-5-13-33(27(20)36)22(15-34)18-6-3-2-4-7-18/h2-14,16,22,34H,15H2,1H3,(H,31,35)(H2,28,29,30). The van der Waals surface area contributed by atoms with Gasteiger partial charge in [-0.15, -0.1) is 0 Å². The predicted molar refractivity (Wildman–Crippen MR) is 139 cm³/mol. The molecule has 0 saturated carbocycles. The van der Waals surface area contributed by atoms with Gasteiger partial charge in [0, 0.05) is 30.7 Å². The summed E-state index contributed by atoms with van der Waals surface area (Å²) in [5.74, 6) is -0.139. The number of aliphatic hydroxyl groups excluding tert-OH is 1. The van der Waals surface area contributed by atoms with Crippen molar-refractivity contribution < 1.29 is 9.90 Å². The van der Waals surface area contributed by atoms with E-state index in [1.807, 2.05) is 60.3 Å². The topological polar surface area (TPSA) is 128 Å². The summed E-state index contributed by atoms with van der Waals surface area (Å²) in [5, 5.41) is 13.5. The summed E-state index contributed by atoms with van der Waals surface area (Å²) in [4.78, 5) is 34.5. The van der Waals surface area contributed by atoms with Crippen molar-refractivity contribution in [3.8, 4) is 11.1 Å². The van der Waals surface area contributed by atoms with Gasteiger partial charge in [0.25, 0.3) is 11.5 Å². The average molecular weight is 481 g/mol. The molecule has 0 aliphatic heterocycles. The van der Waals surface area contributed by atoms with Gasteiger partial charge in [0.05, 0.1) is 18.0 Å². The van der Waals surface area contributed by atoms with Crippen LogP contribution in [0.4, 0.5) is 11.5 Å². The van der Waals surface area contributed by atoms with Crippen LogP contribution in [0.1, 0.15) is 22.0 Å². The lowest BCUT2D eigenvalue weighted by Crippen LogP contribution is -2.32. The van der Waals surface area contributed by atoms with Gasteiger partial charge in [-0.25, -0.2) is 9.97 Å². The number of anilines is 2. The second-order valence-electron chi connectivity index (χ2n) is 8.39. The Morgan fingerprint density at radius 2 is 1.81 bits per heavy atom. The van der Waals surface area contributed by atoms with E-state index in [-0.39, 0.29) is 12.2 Å². The van der Waals surface area contributed by atoms with Gasteiger partial charge in [0.15, 0.2) is 0 Å². The molecule has 9 heteroatoms. The number of carbonyl (C=O) groups is 1. The SMILES string of the molecule is Cn1cc(-c2ccc(NC(=O)c3cccn(C(CO)c4ccccc4)c3=O)cc2)c2c(N)ncnc21. The average Bonchev–Trinajstić information content (AvgIpc) is 3.24. The van der Waals surface area contributed by atoms with Crippen LogP contribution >= 0.6 is 0 Å². The molecule has 0 saturated heterocycles. The fourth-order valence-corrected chi connectivity index (χ4v) is 4.34. The van der Waals surface area contributed by atoms with Crippen LogP contribution in [-0.4, -0.2) is 36.7 Å². The van der Waals surface area contributed by atoms with Gasteiger partial charge in [-0.1, -0.05) is 42.5 Å². The number of nitrogens with zero attached hydrogens (tertiary/aromatic N) is 4. The van der Waals surface area contributed by atoms with E-state index in [0.717, 1.165) is 27.7 Å². The van der Waals surface area contributed by atoms with Crippen molar-refractivity contribution in [2.24, 2.45) is 7.05 Å². The lowest BCUT2D eigenvalue weighted by Gasteiger charge is -2.18. The first-order chi connectivity index (χ1) is 17.5. The first-order valence-corrected chi connectivity index (χ1v) is 11.3. The molecule has 0 fully saturated rings. The van der Waals surface area contributed by atoms with Gasteiger partial charge >= 0.3 is 0 Å². The summed E-state index contributed by atoms with van der Waals surface area (Å²) in [6.45, 7) is -0.278. The van der Waals surface area contributed by atoms with Crippen LogP contribution in [0.5, 0.6) is 0 Å². The van der Waals surface area contributed by atoms with Crippen LogP contribution in [0.15, 0.2) is 90.2 Å². The fraction of sp³-hybridized carbons (Fsp3) is 0.111. The highest BCUT2D eigenvalue weighted by atomic mass is 16.3. The van der Waals surface area contributed by atoms with Crippen LogP contribution in [0.3, 0.4) is 0 Å². The summed E-state index contributed by atoms with van der Waals surface area (Å²) in [5.41, 5.74) is 9.39. The van der Waals surface area contributed by atoms with Crippen molar-refractivity contribution in [1.82, 2.24) is 19.1 Å². The number of pyridine rings is 1. The lowest BCUT2D eigenvalue weighted by molar-refractivity contribution is 0.102. The van der Waals surface area contributed by atoms with E-state index in [0.29, 0.717) is 11.5 Å². The third kappa shape index (κ3) is 4.12. The molecule has 5 aromatic rings. The molecule has 9 nitrogen and oxygen atoms in total. The van der Waals surface area contributed by atoms with Gasteiger partial charge in [-0.05, 0) is 35.4 Å². The lowest BCUT2D eigenvalue weighted by atomic mass is 10.1. The largest absolute Gasteiger partial charge is 0.394 e. The van der Waals surface area contributed by atoms with Gasteiger partial charge < -0.3 is 25.3 Å². The molecule has 180 valence electrons. The van der Waals surface area contributed by atoms with E-state index in [2.05, 4.69) is 15.3 Å². The van der Waals surface area contributed by atoms with Crippen molar-refractivity contribution >= 4 is 28.4 Å². The Morgan fingerprint density at radius 1 is 1.06 bits per heavy atom. The third-order valence-corrected chi connectivity index (χ3v) is 6.15. The molecule has 1 amide bonds. The quantitative estimate of drug-likeness (QED) is 0.342. The number of benzene rings is 2. The van der Waals surface area contributed by atoms with Crippen LogP contribution in [0.2, 0.25) is 0 Å². The molecular formula is C27H24N6O3. The Labute approximate surface area is 206 Å². The normalized spacial score (nSPS) is 11.9. The van der Waals surface area contributed by atoms with Crippen LogP contribution < -0.4 is 16.6 Å². The summed E-state index contributed by atoms with van der Waals surface area (Å²) < 4.78 is 3.26. The third-order valence-electron chi connectivity index (χ3n) is 6.15. The number of nitrogen functional groups attached to an aromatic ring is 1. The fourth-order valence-electron chi connectivity index (χ4n) is 4.34. The summed E-state index contributed by atoms with van der Waals surface area (Å²) >= 11 is 0. The number of aryl methyl sites for hydroxylation is 1. The summed E-state index contributed by atoms with van der Waals surface area (Å²) in [6.07, 6.45) is 4.93. The van der Waals surface area contributed by atoms with Crippen LogP contribution in [0.25, 0.3) is 22.2 Å². The molecule has 0 aliphatic carbocycles. The van der Waals surface area contributed by atoms with E-state index in [1.54, 1.807) is 24.4 Å². The smallest absolute Gasteiger partial charge is 0.264 e. The molecule has 4 N–H and O–H groups in total. The first-order valence-electron chi connectivity index (χ1n) is 11.3. The Morgan fingerprint density at radius 3 is 2.53 bits per heavy atom. The molecule has 3 aromatic heterocycles. The Hall–Kier alpha value is -4.76. The van der Waals surface area contributed by atoms with E-state index in [9.17, 15) is 14.7 Å². The molecule has 3 heterocycles. The molecule has 1 atom stereocenters. The highest BCUT2D eigenvalue weighted by Crippen LogP contribution is 2.32. The Bertz CT molecular complexity index is 1610. The highest BCUT2D eigenvalue weighted by Gasteiger charge is 2.19. The monoisotopic (exact) mass is 480 g/mol. The maximum atomic E-state index is 13.1. The maximum Gasteiger partial charge on any atom is 0.264 e. The number of hydrogen-bond donors (Lipinski definition) is 3. The van der Waals surface area contributed by atoms with Crippen molar-refractivity contribution in [1.29, 1.82) is 0 Å². The number of aromatic nitrogens is 4. The molecule has 0 spiro atoms. The summed E-state index contributed by atoms with van der Waals surface area (Å²) in [6, 6.07) is 18.9. The number of nitrogens with two attached hydrogens (primary N) is 1. The van der Waals surface area contributed by atoms with Crippen molar-refractivity contribution in [3.05, 3.63) is 107 Å². The second kappa shape index (κ2) is 9.47. The molecule has 0 aliphatic rings. The summed E-state index contributed by atoms with van der Waals surface area (Å²) in [7, 11) is 1.89. The first kappa shape index (κ1) is 23.0. The molecule has 1 unspecified atom stereocenters. The minimum atomic E-state index is -0.595. The van der Waals surface area contributed by atoms with Gasteiger partial charge in [-0.2, -0.15) is 0 Å². The number of carbonyl (C=O) groups excluding carboxylic acids is 1. The predicted octanol–water partition coefficient (Wildman–Crippen LogP) is 3.21. The Kier molecular flexibility index (Phi) is 6.05. The second-order valence-corrected chi connectivity index (χ2v) is 8.39. The van der Waals surface area contributed by atoms with Gasteiger partial charge in [-0.3, -0.25) is 9.59 Å². The van der Waals surface area contributed by atoms with Crippen molar-refractivity contribution in [3.63, 3.8) is 0 Å². The molecular weight excluding hydrogens is 456 g/mol. The van der Waals surface area contributed by atoms with Crippen molar-refractivity contribution in [2.75, 3.05) is 17.7 Å². The van der Waals surface area contributed by atoms with E-state index >= 15 is 0 Å². The minimum absolute atomic E-state index is 0.0186. The van der Waals surface area contributed by atoms with Crippen LogP contribution in [0, 0.1) is 0 Å². The maximum absolute atomic E-state index is 13.1. The van der Waals surface area contributed by atoms with Gasteiger partial charge in [0.2, 0.25) is 0 Å². The molecule has 2 aromatic carbocycles. The number of amides is 1. The number of fused-ring (bicyclic) bond motifs is 1. The van der Waals surface area contributed by atoms with E-state index in [1.165, 1.54) is 17.0 Å². The zero-order valence-electron chi connectivity index (χ0n) is 19.5. The minimum Gasteiger partial charge on any atom is -0.394 e. The van der Waals surface area contributed by atoms with E-state index in [4.69, 9.17) is 5.73 Å². The zero-order chi connectivity index (χ0) is 25.2. The Balaban J connectivity index is 1.41.